The highest BCUT2D eigenvalue weighted by molar-refractivity contribution is 7.21. The molecule has 2 N–H and O–H groups in total. The van der Waals surface area contributed by atoms with E-state index in [1.807, 2.05) is 34.1 Å². The van der Waals surface area contributed by atoms with E-state index in [4.69, 9.17) is 4.74 Å². The van der Waals surface area contributed by atoms with Crippen molar-refractivity contribution in [3.05, 3.63) is 47.0 Å². The van der Waals surface area contributed by atoms with Crippen LogP contribution in [0.4, 0.5) is 21.9 Å². The van der Waals surface area contributed by atoms with Gasteiger partial charge in [-0.05, 0) is 74.9 Å². The van der Waals surface area contributed by atoms with Crippen LogP contribution >= 0.6 is 11.3 Å². The van der Waals surface area contributed by atoms with Gasteiger partial charge in [-0.25, -0.2) is 4.79 Å². The molecule has 3 amide bonds. The second-order valence-corrected chi connectivity index (χ2v) is 10.7. The summed E-state index contributed by atoms with van der Waals surface area (Å²) in [5.41, 5.74) is 4.80. The van der Waals surface area contributed by atoms with Crippen molar-refractivity contribution in [3.8, 4) is 0 Å². The Bertz CT molecular complexity index is 1300. The number of carbonyl (C=O) groups is 2. The second-order valence-electron chi connectivity index (χ2n) is 9.63. The maximum Gasteiger partial charge on any atom is 0.322 e. The van der Waals surface area contributed by atoms with Gasteiger partial charge in [0, 0.05) is 43.3 Å². The number of benzene rings is 1. The summed E-state index contributed by atoms with van der Waals surface area (Å²) in [4.78, 5) is 34.7. The molecule has 1 saturated heterocycles. The van der Waals surface area contributed by atoms with Crippen molar-refractivity contribution in [2.24, 2.45) is 0 Å². The molecular formula is C26H29N5O3S. The fourth-order valence-electron chi connectivity index (χ4n) is 5.14. The average Bonchev–Trinajstić information content (AvgIpc) is 3.24. The summed E-state index contributed by atoms with van der Waals surface area (Å²) in [5.74, 6) is -0.000570. The Hall–Kier alpha value is -3.17. The quantitative estimate of drug-likeness (QED) is 0.532. The van der Waals surface area contributed by atoms with Crippen molar-refractivity contribution < 1.29 is 14.3 Å². The van der Waals surface area contributed by atoms with Crippen molar-refractivity contribution in [1.82, 2.24) is 15.2 Å². The first-order valence-corrected chi connectivity index (χ1v) is 13.1. The van der Waals surface area contributed by atoms with Gasteiger partial charge < -0.3 is 20.3 Å². The van der Waals surface area contributed by atoms with E-state index in [-0.39, 0.29) is 24.2 Å². The van der Waals surface area contributed by atoms with Crippen LogP contribution in [0.2, 0.25) is 0 Å². The van der Waals surface area contributed by atoms with Crippen LogP contribution in [-0.2, 0) is 11.2 Å². The predicted molar refractivity (Wildman–Crippen MR) is 138 cm³/mol. The standard InChI is InChI=1S/C26H29N5O3S/c1-15-12-16-13-18(7-8-21(16)31(15)26(33)29-17-5-6-17)28-19-9-10-27-20-14-22(35-24(19)20)25(32)30-11-3-4-23(30)34-2/h7-10,13-15,17,23H,3-6,11-12H2,1-2H3,(H,27,28)(H,29,33). The summed E-state index contributed by atoms with van der Waals surface area (Å²) in [5, 5.41) is 6.63. The normalized spacial score (nSPS) is 21.4. The number of likely N-dealkylation sites (tertiary alicyclic amines) is 1. The summed E-state index contributed by atoms with van der Waals surface area (Å²) in [7, 11) is 1.65. The molecule has 3 aliphatic rings. The molecule has 0 spiro atoms. The maximum atomic E-state index is 13.1. The number of urea groups is 1. The van der Waals surface area contributed by atoms with Crippen molar-refractivity contribution >= 4 is 50.6 Å². The minimum absolute atomic E-state index is 0.000187. The van der Waals surface area contributed by atoms with E-state index in [1.54, 1.807) is 13.3 Å². The Labute approximate surface area is 208 Å². The fourth-order valence-corrected chi connectivity index (χ4v) is 6.18. The summed E-state index contributed by atoms with van der Waals surface area (Å²) in [6.45, 7) is 2.80. The van der Waals surface area contributed by atoms with Crippen LogP contribution in [0.1, 0.15) is 47.8 Å². The lowest BCUT2D eigenvalue weighted by molar-refractivity contribution is 0.00195. The smallest absolute Gasteiger partial charge is 0.322 e. The van der Waals surface area contributed by atoms with Gasteiger partial charge in [0.15, 0.2) is 0 Å². The molecule has 1 aliphatic carbocycles. The van der Waals surface area contributed by atoms with E-state index in [9.17, 15) is 9.59 Å². The van der Waals surface area contributed by atoms with Gasteiger partial charge in [-0.1, -0.05) is 0 Å². The lowest BCUT2D eigenvalue weighted by atomic mass is 10.1. The number of hydrogen-bond acceptors (Lipinski definition) is 6. The number of nitrogens with one attached hydrogen (secondary N) is 2. The van der Waals surface area contributed by atoms with E-state index in [0.29, 0.717) is 17.5 Å². The molecule has 0 bridgehead atoms. The topological polar surface area (TPSA) is 86.8 Å². The summed E-state index contributed by atoms with van der Waals surface area (Å²) in [6.07, 6.45) is 6.40. The number of pyridine rings is 1. The number of thiophene rings is 1. The first-order chi connectivity index (χ1) is 17.0. The van der Waals surface area contributed by atoms with Crippen LogP contribution in [0.3, 0.4) is 0 Å². The molecule has 0 radical (unpaired) electrons. The minimum atomic E-state index is -0.155. The molecule has 8 nitrogen and oxygen atoms in total. The molecule has 35 heavy (non-hydrogen) atoms. The molecule has 2 aromatic heterocycles. The van der Waals surface area contributed by atoms with Crippen LogP contribution in [-0.4, -0.2) is 53.8 Å². The number of hydrogen-bond donors (Lipinski definition) is 2. The van der Waals surface area contributed by atoms with E-state index in [0.717, 1.165) is 64.9 Å². The van der Waals surface area contributed by atoms with Crippen molar-refractivity contribution in [3.63, 3.8) is 0 Å². The number of methoxy groups -OCH3 is 1. The van der Waals surface area contributed by atoms with Gasteiger partial charge in [0.1, 0.15) is 6.23 Å². The minimum Gasteiger partial charge on any atom is -0.362 e. The van der Waals surface area contributed by atoms with Gasteiger partial charge >= 0.3 is 6.03 Å². The first kappa shape index (κ1) is 22.3. The third-order valence-corrected chi connectivity index (χ3v) is 8.20. The SMILES string of the molecule is COC1CCCN1C(=O)c1cc2nccc(Nc3ccc4c(c3)CC(C)N4C(=O)NC3CC3)c2s1. The van der Waals surface area contributed by atoms with Gasteiger partial charge in [0.05, 0.1) is 20.8 Å². The van der Waals surface area contributed by atoms with Crippen molar-refractivity contribution in [2.45, 2.75) is 57.3 Å². The maximum absolute atomic E-state index is 13.1. The zero-order valence-corrected chi connectivity index (χ0v) is 20.7. The lowest BCUT2D eigenvalue weighted by Crippen LogP contribution is -2.44. The molecule has 6 rings (SSSR count). The molecule has 2 unspecified atom stereocenters. The number of ether oxygens (including phenoxy) is 1. The summed E-state index contributed by atoms with van der Waals surface area (Å²) < 4.78 is 6.43. The van der Waals surface area contributed by atoms with Crippen LogP contribution in [0.25, 0.3) is 10.2 Å². The van der Waals surface area contributed by atoms with E-state index < -0.39 is 0 Å². The molecule has 1 aromatic carbocycles. The Balaban J connectivity index is 1.24. The highest BCUT2D eigenvalue weighted by Crippen LogP contribution is 2.38. The van der Waals surface area contributed by atoms with E-state index in [2.05, 4.69) is 28.6 Å². The molecule has 182 valence electrons. The Kier molecular flexibility index (Phi) is 5.61. The van der Waals surface area contributed by atoms with Crippen LogP contribution < -0.4 is 15.5 Å². The van der Waals surface area contributed by atoms with Crippen molar-refractivity contribution in [2.75, 3.05) is 23.9 Å². The van der Waals surface area contributed by atoms with Crippen LogP contribution in [0.5, 0.6) is 0 Å². The zero-order valence-electron chi connectivity index (χ0n) is 19.9. The second kappa shape index (κ2) is 8.80. The number of fused-ring (bicyclic) bond motifs is 2. The molecule has 2 aliphatic heterocycles. The largest absolute Gasteiger partial charge is 0.362 e. The molecule has 2 atom stereocenters. The van der Waals surface area contributed by atoms with Gasteiger partial charge in [-0.2, -0.15) is 0 Å². The molecule has 3 aromatic rings. The van der Waals surface area contributed by atoms with Crippen LogP contribution in [0.15, 0.2) is 36.5 Å². The molecule has 9 heteroatoms. The lowest BCUT2D eigenvalue weighted by Gasteiger charge is -2.23. The number of aromatic nitrogens is 1. The van der Waals surface area contributed by atoms with Gasteiger partial charge in [0.25, 0.3) is 5.91 Å². The Morgan fingerprint density at radius 2 is 2.03 bits per heavy atom. The van der Waals surface area contributed by atoms with Crippen molar-refractivity contribution in [1.29, 1.82) is 0 Å². The zero-order chi connectivity index (χ0) is 24.1. The number of carbonyl (C=O) groups excluding carboxylic acids is 2. The fraction of sp³-hybridized carbons (Fsp3) is 0.423. The molecule has 4 heterocycles. The first-order valence-electron chi connectivity index (χ1n) is 12.2. The third-order valence-electron chi connectivity index (χ3n) is 7.05. The summed E-state index contributed by atoms with van der Waals surface area (Å²) >= 11 is 1.46. The summed E-state index contributed by atoms with van der Waals surface area (Å²) in [6, 6.07) is 10.4. The average molecular weight is 492 g/mol. The third kappa shape index (κ3) is 4.12. The Morgan fingerprint density at radius 3 is 2.83 bits per heavy atom. The van der Waals surface area contributed by atoms with Crippen LogP contribution in [0, 0.1) is 0 Å². The monoisotopic (exact) mass is 491 g/mol. The van der Waals surface area contributed by atoms with Gasteiger partial charge in [-0.3, -0.25) is 14.7 Å². The highest BCUT2D eigenvalue weighted by atomic mass is 32.1. The van der Waals surface area contributed by atoms with Gasteiger partial charge in [0.2, 0.25) is 0 Å². The predicted octanol–water partition coefficient (Wildman–Crippen LogP) is 4.87. The number of anilines is 3. The highest BCUT2D eigenvalue weighted by Gasteiger charge is 2.34. The molecular weight excluding hydrogens is 462 g/mol. The molecule has 1 saturated carbocycles. The van der Waals surface area contributed by atoms with E-state index in [1.165, 1.54) is 11.3 Å². The van der Waals surface area contributed by atoms with Gasteiger partial charge in [-0.15, -0.1) is 11.3 Å². The number of amides is 3. The number of nitrogens with zero attached hydrogens (tertiary/aromatic N) is 3. The molecule has 2 fully saturated rings. The Morgan fingerprint density at radius 1 is 1.17 bits per heavy atom. The van der Waals surface area contributed by atoms with E-state index >= 15 is 0 Å². The number of rotatable bonds is 5.